The molecule has 15 nitrogen and oxygen atoms in total. The molecule has 9 N–H and O–H groups in total. The van der Waals surface area contributed by atoms with Crippen molar-refractivity contribution in [1.82, 2.24) is 25.5 Å². The van der Waals surface area contributed by atoms with E-state index in [4.69, 9.17) is 11.5 Å². The van der Waals surface area contributed by atoms with Crippen molar-refractivity contribution in [3.63, 3.8) is 0 Å². The summed E-state index contributed by atoms with van der Waals surface area (Å²) < 4.78 is 0. The molecule has 0 aromatic carbocycles. The molecule has 35 heavy (non-hydrogen) atoms. The van der Waals surface area contributed by atoms with E-state index < -0.39 is 66.2 Å². The van der Waals surface area contributed by atoms with Crippen LogP contribution in [-0.2, 0) is 35.2 Å². The van der Waals surface area contributed by atoms with Crippen LogP contribution in [-0.4, -0.2) is 91.4 Å². The van der Waals surface area contributed by atoms with E-state index in [1.165, 1.54) is 17.4 Å². The van der Waals surface area contributed by atoms with Gasteiger partial charge in [0.25, 0.3) is 0 Å². The van der Waals surface area contributed by atoms with Crippen LogP contribution in [0.4, 0.5) is 0 Å². The number of carbonyl (C=O) groups is 6. The third-order valence-corrected chi connectivity index (χ3v) is 5.46. The van der Waals surface area contributed by atoms with Gasteiger partial charge < -0.3 is 42.2 Å². The highest BCUT2D eigenvalue weighted by atomic mass is 16.4. The van der Waals surface area contributed by atoms with Gasteiger partial charge in [0, 0.05) is 31.3 Å². The molecule has 2 heterocycles. The highest BCUT2D eigenvalue weighted by molar-refractivity contribution is 5.96. The molecule has 192 valence electrons. The molecule has 1 aliphatic rings. The molecular weight excluding hydrogens is 466 g/mol. The number of hydrogen-bond acceptors (Lipinski definition) is 8. The number of nitrogens with one attached hydrogen (secondary N) is 3. The molecule has 4 unspecified atom stereocenters. The highest BCUT2D eigenvalue weighted by Gasteiger charge is 2.38. The van der Waals surface area contributed by atoms with Crippen LogP contribution >= 0.6 is 0 Å². The van der Waals surface area contributed by atoms with Crippen LogP contribution in [0.1, 0.15) is 37.8 Å². The summed E-state index contributed by atoms with van der Waals surface area (Å²) in [5.41, 5.74) is 11.3. The molecule has 15 heteroatoms. The number of nitrogens with zero attached hydrogens (tertiary/aromatic N) is 2. The monoisotopic (exact) mass is 495 g/mol. The van der Waals surface area contributed by atoms with Crippen LogP contribution in [0, 0.1) is 0 Å². The highest BCUT2D eigenvalue weighted by Crippen LogP contribution is 2.19. The number of aromatic amines is 1. The van der Waals surface area contributed by atoms with Gasteiger partial charge in [-0.1, -0.05) is 0 Å². The van der Waals surface area contributed by atoms with Gasteiger partial charge >= 0.3 is 11.9 Å². The fourth-order valence-corrected chi connectivity index (χ4v) is 3.68. The minimum Gasteiger partial charge on any atom is -0.481 e. The first-order chi connectivity index (χ1) is 16.5. The molecule has 1 aromatic rings. The Bertz CT molecular complexity index is 951. The zero-order valence-electron chi connectivity index (χ0n) is 18.8. The molecule has 4 amide bonds. The lowest BCUT2D eigenvalue weighted by molar-refractivity contribution is -0.144. The van der Waals surface area contributed by atoms with Gasteiger partial charge in [-0.3, -0.25) is 24.0 Å². The van der Waals surface area contributed by atoms with E-state index in [1.54, 1.807) is 0 Å². The number of imidazole rings is 1. The van der Waals surface area contributed by atoms with Crippen molar-refractivity contribution in [1.29, 1.82) is 0 Å². The minimum atomic E-state index is -1.59. The molecule has 2 rings (SSSR count). The lowest BCUT2D eigenvalue weighted by Crippen LogP contribution is -2.57. The number of nitrogens with two attached hydrogens (primary N) is 2. The number of carboxylic acid groups (broad SMARTS) is 2. The average molecular weight is 495 g/mol. The van der Waals surface area contributed by atoms with Crippen molar-refractivity contribution in [3.8, 4) is 0 Å². The quantitative estimate of drug-likeness (QED) is 0.147. The maximum atomic E-state index is 12.9. The Kier molecular flexibility index (Phi) is 9.69. The van der Waals surface area contributed by atoms with Gasteiger partial charge in [-0.2, -0.15) is 0 Å². The molecule has 0 saturated carbocycles. The van der Waals surface area contributed by atoms with Crippen LogP contribution < -0.4 is 22.1 Å². The van der Waals surface area contributed by atoms with Crippen LogP contribution in [0.15, 0.2) is 12.5 Å². The normalized spacial score (nSPS) is 17.7. The first-order valence-electron chi connectivity index (χ1n) is 10.9. The minimum absolute atomic E-state index is 0.00401. The van der Waals surface area contributed by atoms with Crippen LogP contribution in [0.3, 0.4) is 0 Å². The first kappa shape index (κ1) is 27.2. The van der Waals surface area contributed by atoms with E-state index in [9.17, 15) is 39.0 Å². The Hall–Kier alpha value is -4.01. The van der Waals surface area contributed by atoms with Gasteiger partial charge in [0.15, 0.2) is 0 Å². The lowest BCUT2D eigenvalue weighted by Gasteiger charge is -2.28. The predicted octanol–water partition coefficient (Wildman–Crippen LogP) is -2.94. The second-order valence-corrected chi connectivity index (χ2v) is 8.14. The fraction of sp³-hybridized carbons (Fsp3) is 0.550. The average Bonchev–Trinajstić information content (AvgIpc) is 3.47. The molecule has 1 aromatic heterocycles. The summed E-state index contributed by atoms with van der Waals surface area (Å²) in [6.07, 6.45) is 2.34. The van der Waals surface area contributed by atoms with Gasteiger partial charge in [0.1, 0.15) is 18.1 Å². The molecule has 0 aliphatic carbocycles. The van der Waals surface area contributed by atoms with Gasteiger partial charge in [-0.25, -0.2) is 9.78 Å². The van der Waals surface area contributed by atoms with Gasteiger partial charge in [-0.15, -0.1) is 0 Å². The van der Waals surface area contributed by atoms with E-state index in [2.05, 4.69) is 20.6 Å². The zero-order chi connectivity index (χ0) is 26.1. The van der Waals surface area contributed by atoms with E-state index in [0.717, 1.165) is 0 Å². The second kappa shape index (κ2) is 12.5. The Morgan fingerprint density at radius 3 is 2.46 bits per heavy atom. The third kappa shape index (κ3) is 8.06. The molecule has 4 atom stereocenters. The molecule has 0 bridgehead atoms. The van der Waals surface area contributed by atoms with Gasteiger partial charge in [-0.05, 0) is 19.3 Å². The van der Waals surface area contributed by atoms with Gasteiger partial charge in [0.2, 0.25) is 23.6 Å². The number of rotatable bonds is 13. The standard InChI is InChI=1S/C20H29N7O8/c21-11(3-4-15(22)28)19(33)27-5-1-2-14(27)18(32)25-12(7-16(29)30)17(31)26-13(20(34)35)6-10-8-23-9-24-10/h8-9,11-14H,1-7,21H2,(H2,22,28)(H,23,24)(H,25,32)(H,26,31)(H,29,30)(H,34,35). The van der Waals surface area contributed by atoms with Crippen molar-refractivity contribution >= 4 is 35.6 Å². The van der Waals surface area contributed by atoms with Crippen molar-refractivity contribution in [2.75, 3.05) is 6.54 Å². The molecule has 1 saturated heterocycles. The van der Waals surface area contributed by atoms with Crippen molar-refractivity contribution in [2.24, 2.45) is 11.5 Å². The summed E-state index contributed by atoms with van der Waals surface area (Å²) in [5.74, 6) is -5.77. The second-order valence-electron chi connectivity index (χ2n) is 8.14. The Morgan fingerprint density at radius 1 is 1.17 bits per heavy atom. The summed E-state index contributed by atoms with van der Waals surface area (Å²) >= 11 is 0. The number of amides is 4. The summed E-state index contributed by atoms with van der Waals surface area (Å²) in [4.78, 5) is 79.8. The number of H-pyrrole nitrogens is 1. The summed E-state index contributed by atoms with van der Waals surface area (Å²) in [6, 6.07) is -5.08. The lowest BCUT2D eigenvalue weighted by atomic mass is 10.1. The van der Waals surface area contributed by atoms with E-state index in [-0.39, 0.29) is 32.2 Å². The Labute approximate surface area is 199 Å². The Morgan fingerprint density at radius 2 is 1.89 bits per heavy atom. The van der Waals surface area contributed by atoms with Crippen molar-refractivity contribution in [3.05, 3.63) is 18.2 Å². The largest absolute Gasteiger partial charge is 0.481 e. The smallest absolute Gasteiger partial charge is 0.326 e. The number of aliphatic carboxylic acids is 2. The molecular formula is C20H29N7O8. The number of carbonyl (C=O) groups excluding carboxylic acids is 4. The van der Waals surface area contributed by atoms with Crippen LogP contribution in [0.5, 0.6) is 0 Å². The van der Waals surface area contributed by atoms with Gasteiger partial charge in [0.05, 0.1) is 18.8 Å². The molecule has 0 radical (unpaired) electrons. The van der Waals surface area contributed by atoms with E-state index in [1.807, 2.05) is 0 Å². The summed E-state index contributed by atoms with van der Waals surface area (Å²) in [5, 5.41) is 23.2. The van der Waals surface area contributed by atoms with Crippen LogP contribution in [0.2, 0.25) is 0 Å². The topological polar surface area (TPSA) is 251 Å². The molecule has 1 aliphatic heterocycles. The number of aromatic nitrogens is 2. The summed E-state index contributed by atoms with van der Waals surface area (Å²) in [7, 11) is 0. The molecule has 1 fully saturated rings. The molecule has 0 spiro atoms. The Balaban J connectivity index is 2.08. The third-order valence-electron chi connectivity index (χ3n) is 5.46. The van der Waals surface area contributed by atoms with Crippen LogP contribution in [0.25, 0.3) is 0 Å². The number of likely N-dealkylation sites (tertiary alicyclic amines) is 1. The fourth-order valence-electron chi connectivity index (χ4n) is 3.68. The number of primary amides is 1. The first-order valence-corrected chi connectivity index (χ1v) is 10.9. The van der Waals surface area contributed by atoms with Crippen molar-refractivity contribution < 1.29 is 39.0 Å². The van der Waals surface area contributed by atoms with E-state index >= 15 is 0 Å². The SMILES string of the molecule is NC(=O)CCC(N)C(=O)N1CCCC1C(=O)NC(CC(=O)O)C(=O)NC(Cc1cnc[nH]1)C(=O)O. The van der Waals surface area contributed by atoms with E-state index in [0.29, 0.717) is 12.1 Å². The number of carboxylic acids is 2. The maximum Gasteiger partial charge on any atom is 0.326 e. The predicted molar refractivity (Wildman–Crippen MR) is 117 cm³/mol. The number of hydrogen-bond donors (Lipinski definition) is 7. The maximum absolute atomic E-state index is 12.9. The van der Waals surface area contributed by atoms with Crippen molar-refractivity contribution in [2.45, 2.75) is 62.7 Å². The zero-order valence-corrected chi connectivity index (χ0v) is 18.8. The summed E-state index contributed by atoms with van der Waals surface area (Å²) in [6.45, 7) is 0.211.